The first-order chi connectivity index (χ1) is 12.7. The van der Waals surface area contributed by atoms with Crippen LogP contribution < -0.4 is 0 Å². The molecule has 1 unspecified atom stereocenters. The van der Waals surface area contributed by atoms with Crippen molar-refractivity contribution in [2.75, 3.05) is 13.1 Å². The molecule has 2 aromatic heterocycles. The molecule has 0 spiro atoms. The van der Waals surface area contributed by atoms with E-state index in [1.54, 1.807) is 6.26 Å². The van der Waals surface area contributed by atoms with Crippen LogP contribution in [0.1, 0.15) is 48.9 Å². The number of aliphatic hydroxyl groups is 1. The van der Waals surface area contributed by atoms with Crippen LogP contribution in [0.3, 0.4) is 0 Å². The van der Waals surface area contributed by atoms with Crippen molar-refractivity contribution in [2.24, 2.45) is 0 Å². The zero-order valence-corrected chi connectivity index (χ0v) is 14.7. The summed E-state index contributed by atoms with van der Waals surface area (Å²) in [5.74, 6) is 1.85. The molecule has 1 aliphatic heterocycles. The highest BCUT2D eigenvalue weighted by atomic mass is 16.5. The van der Waals surface area contributed by atoms with Crippen molar-refractivity contribution in [2.45, 2.75) is 50.2 Å². The maximum Gasteiger partial charge on any atom is 0.229 e. The van der Waals surface area contributed by atoms with Crippen molar-refractivity contribution in [3.8, 4) is 0 Å². The third kappa shape index (κ3) is 3.27. The Kier molecular flexibility index (Phi) is 3.83. The number of nitrogens with zero attached hydrogens (tertiary/aromatic N) is 3. The number of piperidine rings is 1. The summed E-state index contributed by atoms with van der Waals surface area (Å²) in [6.07, 6.45) is 6.19. The topological polar surface area (TPSA) is 75.5 Å². The Bertz CT molecular complexity index is 914. The minimum Gasteiger partial charge on any atom is -0.464 e. The summed E-state index contributed by atoms with van der Waals surface area (Å²) in [4.78, 5) is 6.79. The molecule has 2 fully saturated rings. The van der Waals surface area contributed by atoms with Gasteiger partial charge in [-0.2, -0.15) is 4.98 Å². The highest BCUT2D eigenvalue weighted by Crippen LogP contribution is 2.38. The van der Waals surface area contributed by atoms with E-state index < -0.39 is 5.60 Å². The second-order valence-corrected chi connectivity index (χ2v) is 7.83. The van der Waals surface area contributed by atoms with Gasteiger partial charge in [0.1, 0.15) is 5.58 Å². The molecule has 1 N–H and O–H groups in total. The van der Waals surface area contributed by atoms with Gasteiger partial charge in [0.25, 0.3) is 0 Å². The molecule has 5 rings (SSSR count). The van der Waals surface area contributed by atoms with Gasteiger partial charge in [-0.3, -0.25) is 4.90 Å². The van der Waals surface area contributed by atoms with E-state index in [4.69, 9.17) is 8.94 Å². The first-order valence-electron chi connectivity index (χ1n) is 9.40. The lowest BCUT2D eigenvalue weighted by molar-refractivity contribution is -0.0373. The summed E-state index contributed by atoms with van der Waals surface area (Å²) in [6, 6.07) is 8.25. The molecule has 1 aromatic carbocycles. The number of furan rings is 1. The normalized spacial score (nSPS) is 24.3. The Labute approximate surface area is 151 Å². The SMILES string of the molecule is OC1(Cc2nc(C3CC3)no2)CCCN(Cc2ccc3occc3c2)C1. The van der Waals surface area contributed by atoms with Crippen LogP contribution in [0.4, 0.5) is 0 Å². The van der Waals surface area contributed by atoms with Crippen molar-refractivity contribution >= 4 is 11.0 Å². The van der Waals surface area contributed by atoms with Crippen LogP contribution in [-0.2, 0) is 13.0 Å². The van der Waals surface area contributed by atoms with Gasteiger partial charge in [0.2, 0.25) is 5.89 Å². The highest BCUT2D eigenvalue weighted by Gasteiger charge is 2.36. The fourth-order valence-electron chi connectivity index (χ4n) is 3.99. The molecule has 1 saturated carbocycles. The zero-order chi connectivity index (χ0) is 17.6. The van der Waals surface area contributed by atoms with Gasteiger partial charge in [-0.1, -0.05) is 11.2 Å². The molecule has 6 heteroatoms. The van der Waals surface area contributed by atoms with E-state index in [-0.39, 0.29) is 0 Å². The fraction of sp³-hybridized carbons (Fsp3) is 0.500. The monoisotopic (exact) mass is 353 g/mol. The van der Waals surface area contributed by atoms with E-state index in [0.29, 0.717) is 24.8 Å². The van der Waals surface area contributed by atoms with E-state index in [1.807, 2.05) is 12.1 Å². The molecule has 26 heavy (non-hydrogen) atoms. The number of hydrogen-bond acceptors (Lipinski definition) is 6. The number of benzene rings is 1. The van der Waals surface area contributed by atoms with Crippen molar-refractivity contribution in [3.05, 3.63) is 47.8 Å². The maximum absolute atomic E-state index is 11.1. The molecule has 6 nitrogen and oxygen atoms in total. The number of rotatable bonds is 5. The Balaban J connectivity index is 1.26. The van der Waals surface area contributed by atoms with Crippen LogP contribution in [-0.4, -0.2) is 38.8 Å². The average molecular weight is 353 g/mol. The summed E-state index contributed by atoms with van der Waals surface area (Å²) in [6.45, 7) is 2.43. The van der Waals surface area contributed by atoms with E-state index in [2.05, 4.69) is 27.2 Å². The summed E-state index contributed by atoms with van der Waals surface area (Å²) < 4.78 is 10.8. The van der Waals surface area contributed by atoms with Crippen LogP contribution in [0.15, 0.2) is 39.5 Å². The molecule has 2 aliphatic rings. The molecule has 1 atom stereocenters. The van der Waals surface area contributed by atoms with E-state index in [1.165, 1.54) is 5.56 Å². The zero-order valence-electron chi connectivity index (χ0n) is 14.7. The Morgan fingerprint density at radius 3 is 3.08 bits per heavy atom. The minimum atomic E-state index is -0.800. The molecular formula is C20H23N3O3. The second kappa shape index (κ2) is 6.21. The third-order valence-electron chi connectivity index (χ3n) is 5.46. The van der Waals surface area contributed by atoms with Crippen molar-refractivity contribution in [3.63, 3.8) is 0 Å². The van der Waals surface area contributed by atoms with Gasteiger partial charge in [-0.25, -0.2) is 0 Å². The smallest absolute Gasteiger partial charge is 0.229 e. The number of aromatic nitrogens is 2. The first kappa shape index (κ1) is 16.0. The second-order valence-electron chi connectivity index (χ2n) is 7.83. The number of likely N-dealkylation sites (tertiary alicyclic amines) is 1. The van der Waals surface area contributed by atoms with Gasteiger partial charge in [0.05, 0.1) is 18.3 Å². The summed E-state index contributed by atoms with van der Waals surface area (Å²) in [7, 11) is 0. The van der Waals surface area contributed by atoms with Gasteiger partial charge < -0.3 is 14.0 Å². The number of β-amino-alcohol motifs (C(OH)–C–C–N with tert-alkyl or cyclic N) is 1. The number of hydrogen-bond donors (Lipinski definition) is 1. The quantitative estimate of drug-likeness (QED) is 0.759. The maximum atomic E-state index is 11.1. The third-order valence-corrected chi connectivity index (χ3v) is 5.46. The molecule has 0 bridgehead atoms. The van der Waals surface area contributed by atoms with Gasteiger partial charge >= 0.3 is 0 Å². The molecule has 3 aromatic rings. The highest BCUT2D eigenvalue weighted by molar-refractivity contribution is 5.77. The van der Waals surface area contributed by atoms with Crippen LogP contribution >= 0.6 is 0 Å². The Morgan fingerprint density at radius 2 is 2.19 bits per heavy atom. The summed E-state index contributed by atoms with van der Waals surface area (Å²) in [5.41, 5.74) is 1.34. The van der Waals surface area contributed by atoms with Gasteiger partial charge in [0, 0.05) is 24.4 Å². The standard InChI is InChI=1S/C20H23N3O3/c24-20(11-18-21-19(22-26-18)15-3-4-15)7-1-8-23(13-20)12-14-2-5-17-16(10-14)6-9-25-17/h2,5-6,9-10,15,24H,1,3-4,7-8,11-13H2. The average Bonchev–Trinajstić information content (AvgIpc) is 3.18. The van der Waals surface area contributed by atoms with Crippen molar-refractivity contribution in [1.82, 2.24) is 15.0 Å². The molecule has 1 aliphatic carbocycles. The number of fused-ring (bicyclic) bond motifs is 1. The lowest BCUT2D eigenvalue weighted by Crippen LogP contribution is -2.49. The van der Waals surface area contributed by atoms with Crippen molar-refractivity contribution < 1.29 is 14.0 Å². The predicted molar refractivity (Wildman–Crippen MR) is 95.7 cm³/mol. The lowest BCUT2D eigenvalue weighted by Gasteiger charge is -2.38. The first-order valence-corrected chi connectivity index (χ1v) is 9.40. The molecular weight excluding hydrogens is 330 g/mol. The summed E-state index contributed by atoms with van der Waals surface area (Å²) in [5, 5.41) is 16.3. The molecule has 1 saturated heterocycles. The predicted octanol–water partition coefficient (Wildman–Crippen LogP) is 3.26. The lowest BCUT2D eigenvalue weighted by atomic mass is 9.89. The largest absolute Gasteiger partial charge is 0.464 e. The minimum absolute atomic E-state index is 0.435. The van der Waals surface area contributed by atoms with Crippen LogP contribution in [0.5, 0.6) is 0 Å². The Hall–Kier alpha value is -2.18. The van der Waals surface area contributed by atoms with E-state index in [0.717, 1.165) is 55.6 Å². The molecule has 0 amide bonds. The summed E-state index contributed by atoms with van der Waals surface area (Å²) >= 11 is 0. The van der Waals surface area contributed by atoms with E-state index in [9.17, 15) is 5.11 Å². The molecule has 3 heterocycles. The van der Waals surface area contributed by atoms with Gasteiger partial charge in [0.15, 0.2) is 5.82 Å². The Morgan fingerprint density at radius 1 is 1.27 bits per heavy atom. The van der Waals surface area contributed by atoms with Gasteiger partial charge in [-0.05, 0) is 56.0 Å². The fourth-order valence-corrected chi connectivity index (χ4v) is 3.99. The van der Waals surface area contributed by atoms with E-state index >= 15 is 0 Å². The van der Waals surface area contributed by atoms with Gasteiger partial charge in [-0.15, -0.1) is 0 Å². The van der Waals surface area contributed by atoms with Crippen LogP contribution in [0.2, 0.25) is 0 Å². The van der Waals surface area contributed by atoms with Crippen LogP contribution in [0, 0.1) is 0 Å². The molecule has 136 valence electrons. The molecule has 0 radical (unpaired) electrons. The van der Waals surface area contributed by atoms with Crippen LogP contribution in [0.25, 0.3) is 11.0 Å². The van der Waals surface area contributed by atoms with Crippen molar-refractivity contribution in [1.29, 1.82) is 0 Å².